The van der Waals surface area contributed by atoms with Crippen LogP contribution in [-0.4, -0.2) is 17.9 Å². The summed E-state index contributed by atoms with van der Waals surface area (Å²) < 4.78 is 5.46. The van der Waals surface area contributed by atoms with Crippen LogP contribution in [0.1, 0.15) is 11.8 Å². The van der Waals surface area contributed by atoms with Crippen molar-refractivity contribution < 1.29 is 14.3 Å². The second kappa shape index (κ2) is 6.03. The maximum atomic E-state index is 11.9. The lowest BCUT2D eigenvalue weighted by Crippen LogP contribution is -2.34. The molecule has 0 bridgehead atoms. The van der Waals surface area contributed by atoms with Crippen molar-refractivity contribution in [1.29, 1.82) is 0 Å². The molecular weight excluding hydrogens is 300 g/mol. The van der Waals surface area contributed by atoms with Crippen LogP contribution in [0.25, 0.3) is 6.08 Å². The third kappa shape index (κ3) is 3.17. The number of amides is 2. The summed E-state index contributed by atoms with van der Waals surface area (Å²) in [7, 11) is 0. The normalized spacial score (nSPS) is 16.8. The van der Waals surface area contributed by atoms with Gasteiger partial charge in [0.1, 0.15) is 5.75 Å². The quantitative estimate of drug-likeness (QED) is 0.855. The van der Waals surface area contributed by atoms with E-state index in [1.165, 1.54) is 6.08 Å². The van der Waals surface area contributed by atoms with Crippen LogP contribution in [0, 0.1) is 0 Å². The van der Waals surface area contributed by atoms with E-state index in [-0.39, 0.29) is 11.8 Å². The molecule has 112 valence electrons. The van der Waals surface area contributed by atoms with Crippen molar-refractivity contribution in [3.05, 3.63) is 46.7 Å². The van der Waals surface area contributed by atoms with Crippen LogP contribution < -0.4 is 15.4 Å². The summed E-state index contributed by atoms with van der Waals surface area (Å²) in [5.41, 5.74) is 1.15. The highest BCUT2D eigenvalue weighted by molar-refractivity contribution is 7.10. The van der Waals surface area contributed by atoms with Gasteiger partial charge in [-0.15, -0.1) is 11.3 Å². The van der Waals surface area contributed by atoms with Crippen molar-refractivity contribution in [3.8, 4) is 5.75 Å². The number of hydrogen-bond acceptors (Lipinski definition) is 4. The van der Waals surface area contributed by atoms with Gasteiger partial charge in [0.05, 0.1) is 5.69 Å². The van der Waals surface area contributed by atoms with E-state index in [0.29, 0.717) is 17.1 Å². The van der Waals surface area contributed by atoms with E-state index in [1.54, 1.807) is 42.5 Å². The lowest BCUT2D eigenvalue weighted by molar-refractivity contribution is -0.122. The Morgan fingerprint density at radius 1 is 1.41 bits per heavy atom. The third-order valence-electron chi connectivity index (χ3n) is 3.12. The summed E-state index contributed by atoms with van der Waals surface area (Å²) in [6.45, 7) is 1.68. The molecule has 1 unspecified atom stereocenters. The molecule has 1 aromatic carbocycles. The number of hydrogen-bond donors (Lipinski definition) is 2. The second-order valence-electron chi connectivity index (χ2n) is 4.80. The van der Waals surface area contributed by atoms with Gasteiger partial charge in [0, 0.05) is 16.6 Å². The Morgan fingerprint density at radius 3 is 3.05 bits per heavy atom. The molecule has 5 nitrogen and oxygen atoms in total. The van der Waals surface area contributed by atoms with Crippen LogP contribution in [0.15, 0.2) is 41.8 Å². The highest BCUT2D eigenvalue weighted by Gasteiger charge is 2.23. The van der Waals surface area contributed by atoms with Crippen LogP contribution in [-0.2, 0) is 9.59 Å². The standard InChI is InChI=1S/C16H14N2O3S/c1-10-16(20)18-13-9-11(4-6-14(13)21-10)17-15(19)7-5-12-3-2-8-22-12/h2-10H,1H3,(H,17,19)(H,18,20). The zero-order valence-corrected chi connectivity index (χ0v) is 12.6. The van der Waals surface area contributed by atoms with E-state index < -0.39 is 6.10 Å². The summed E-state index contributed by atoms with van der Waals surface area (Å²) in [5.74, 6) is 0.164. The van der Waals surface area contributed by atoms with Crippen molar-refractivity contribution in [2.45, 2.75) is 13.0 Å². The fourth-order valence-corrected chi connectivity index (χ4v) is 2.63. The highest BCUT2D eigenvalue weighted by Crippen LogP contribution is 2.32. The SMILES string of the molecule is CC1Oc2ccc(NC(=O)C=Cc3cccs3)cc2NC1=O. The number of thiophene rings is 1. The minimum atomic E-state index is -0.512. The van der Waals surface area contributed by atoms with Gasteiger partial charge < -0.3 is 15.4 Å². The lowest BCUT2D eigenvalue weighted by atomic mass is 10.2. The van der Waals surface area contributed by atoms with Gasteiger partial charge in [-0.1, -0.05) is 6.07 Å². The first-order valence-corrected chi connectivity index (χ1v) is 7.64. The third-order valence-corrected chi connectivity index (χ3v) is 3.96. The molecular formula is C16H14N2O3S. The number of carbonyl (C=O) groups excluding carboxylic acids is 2. The Balaban J connectivity index is 1.70. The molecule has 1 atom stereocenters. The number of rotatable bonds is 3. The zero-order chi connectivity index (χ0) is 15.5. The van der Waals surface area contributed by atoms with Gasteiger partial charge in [-0.3, -0.25) is 9.59 Å². The van der Waals surface area contributed by atoms with Crippen LogP contribution in [0.5, 0.6) is 5.75 Å². The molecule has 0 aliphatic carbocycles. The number of fused-ring (bicyclic) bond motifs is 1. The fourth-order valence-electron chi connectivity index (χ4n) is 2.01. The highest BCUT2D eigenvalue weighted by atomic mass is 32.1. The second-order valence-corrected chi connectivity index (χ2v) is 5.78. The van der Waals surface area contributed by atoms with Crippen molar-refractivity contribution in [2.24, 2.45) is 0 Å². The first-order chi connectivity index (χ1) is 10.6. The van der Waals surface area contributed by atoms with E-state index >= 15 is 0 Å². The summed E-state index contributed by atoms with van der Waals surface area (Å²) >= 11 is 1.56. The molecule has 0 spiro atoms. The molecule has 6 heteroatoms. The van der Waals surface area contributed by atoms with Crippen molar-refractivity contribution in [2.75, 3.05) is 10.6 Å². The molecule has 1 aliphatic heterocycles. The Morgan fingerprint density at radius 2 is 2.27 bits per heavy atom. The molecule has 22 heavy (non-hydrogen) atoms. The number of carbonyl (C=O) groups is 2. The molecule has 2 N–H and O–H groups in total. The average Bonchev–Trinajstić information content (AvgIpc) is 3.00. The molecule has 2 amide bonds. The number of ether oxygens (including phenoxy) is 1. The van der Waals surface area contributed by atoms with Crippen LogP contribution in [0.2, 0.25) is 0 Å². The van der Waals surface area contributed by atoms with E-state index in [0.717, 1.165) is 4.88 Å². The smallest absolute Gasteiger partial charge is 0.265 e. The minimum Gasteiger partial charge on any atom is -0.479 e. The minimum absolute atomic E-state index is 0.200. The summed E-state index contributed by atoms with van der Waals surface area (Å²) in [6.07, 6.45) is 2.72. The van der Waals surface area contributed by atoms with Gasteiger partial charge in [-0.05, 0) is 42.6 Å². The molecule has 1 aliphatic rings. The van der Waals surface area contributed by atoms with Crippen molar-refractivity contribution >= 4 is 40.6 Å². The predicted octanol–water partition coefficient (Wildman–Crippen LogP) is 3.12. The number of nitrogens with one attached hydrogen (secondary N) is 2. The molecule has 2 heterocycles. The van der Waals surface area contributed by atoms with Crippen molar-refractivity contribution in [3.63, 3.8) is 0 Å². The molecule has 0 radical (unpaired) electrons. The maximum Gasteiger partial charge on any atom is 0.265 e. The van der Waals surface area contributed by atoms with Crippen LogP contribution in [0.4, 0.5) is 11.4 Å². The maximum absolute atomic E-state index is 11.9. The van der Waals surface area contributed by atoms with Crippen LogP contribution in [0.3, 0.4) is 0 Å². The van der Waals surface area contributed by atoms with Crippen LogP contribution >= 0.6 is 11.3 Å². The molecule has 1 aromatic heterocycles. The summed E-state index contributed by atoms with van der Waals surface area (Å²) in [5, 5.41) is 7.45. The summed E-state index contributed by atoms with van der Waals surface area (Å²) in [4.78, 5) is 24.5. The predicted molar refractivity (Wildman–Crippen MR) is 87.1 cm³/mol. The first kappa shape index (κ1) is 14.3. The molecule has 3 rings (SSSR count). The Hall–Kier alpha value is -2.60. The first-order valence-electron chi connectivity index (χ1n) is 6.76. The van der Waals surface area contributed by atoms with E-state index in [1.807, 2.05) is 17.5 Å². The molecule has 0 saturated carbocycles. The van der Waals surface area contributed by atoms with Gasteiger partial charge in [0.25, 0.3) is 5.91 Å². The van der Waals surface area contributed by atoms with Crippen molar-refractivity contribution in [1.82, 2.24) is 0 Å². The molecule has 2 aromatic rings. The van der Waals surface area contributed by atoms with E-state index in [4.69, 9.17) is 4.74 Å². The van der Waals surface area contributed by atoms with E-state index in [9.17, 15) is 9.59 Å². The summed E-state index contributed by atoms with van der Waals surface area (Å²) in [6, 6.07) is 9.00. The zero-order valence-electron chi connectivity index (χ0n) is 11.8. The monoisotopic (exact) mass is 314 g/mol. The van der Waals surface area contributed by atoms with Gasteiger partial charge in [0.15, 0.2) is 6.10 Å². The Kier molecular flexibility index (Phi) is 3.93. The molecule has 0 fully saturated rings. The largest absolute Gasteiger partial charge is 0.479 e. The Labute approximate surface area is 131 Å². The Bertz CT molecular complexity index is 738. The van der Waals surface area contributed by atoms with Gasteiger partial charge in [-0.2, -0.15) is 0 Å². The van der Waals surface area contributed by atoms with Gasteiger partial charge in [-0.25, -0.2) is 0 Å². The fraction of sp³-hybridized carbons (Fsp3) is 0.125. The van der Waals surface area contributed by atoms with Gasteiger partial charge >= 0.3 is 0 Å². The number of benzene rings is 1. The molecule has 0 saturated heterocycles. The van der Waals surface area contributed by atoms with E-state index in [2.05, 4.69) is 10.6 Å². The lowest BCUT2D eigenvalue weighted by Gasteiger charge is -2.23. The average molecular weight is 314 g/mol. The number of anilines is 2. The topological polar surface area (TPSA) is 67.4 Å². The van der Waals surface area contributed by atoms with Gasteiger partial charge in [0.2, 0.25) is 5.91 Å².